The van der Waals surface area contributed by atoms with E-state index in [0.717, 1.165) is 17.3 Å². The van der Waals surface area contributed by atoms with Crippen molar-refractivity contribution in [3.8, 4) is 11.3 Å². The molecule has 0 aromatic carbocycles. The molecule has 200 valence electrons. The normalized spacial score (nSPS) is 16.9. The highest BCUT2D eigenvalue weighted by molar-refractivity contribution is 6.03. The molecular weight excluding hydrogens is 519 g/mol. The van der Waals surface area contributed by atoms with E-state index in [1.165, 1.54) is 6.33 Å². The van der Waals surface area contributed by atoms with E-state index >= 15 is 0 Å². The number of alkyl halides is 3. The lowest BCUT2D eigenvalue weighted by molar-refractivity contribution is -0.165. The number of amides is 2. The number of nitrogens with two attached hydrogens (primary N) is 1. The van der Waals surface area contributed by atoms with Crippen molar-refractivity contribution in [2.24, 2.45) is 0 Å². The van der Waals surface area contributed by atoms with Gasteiger partial charge in [-0.1, -0.05) is 5.16 Å². The predicted molar refractivity (Wildman–Crippen MR) is 132 cm³/mol. The number of nitrogens with one attached hydrogen (secondary N) is 2. The quantitative estimate of drug-likeness (QED) is 0.302. The second kappa shape index (κ2) is 8.17. The van der Waals surface area contributed by atoms with Gasteiger partial charge in [0.05, 0.1) is 36.0 Å². The number of rotatable bonds is 5. The lowest BCUT2D eigenvalue weighted by Crippen LogP contribution is -2.30. The molecule has 4 N–H and O–H groups in total. The molecule has 2 aliphatic rings. The van der Waals surface area contributed by atoms with Gasteiger partial charge < -0.3 is 24.9 Å². The maximum Gasteiger partial charge on any atom is 0.401 e. The van der Waals surface area contributed by atoms with Crippen molar-refractivity contribution in [1.29, 1.82) is 0 Å². The number of carbonyl (C=O) groups excluding carboxylic acids is 1. The number of nitrogens with zero attached hydrogens (tertiary/aromatic N) is 6. The molecule has 6 heterocycles. The van der Waals surface area contributed by atoms with Crippen LogP contribution in [0.25, 0.3) is 27.9 Å². The smallest absolute Gasteiger partial charge is 0.383 e. The molecule has 39 heavy (non-hydrogen) atoms. The Morgan fingerprint density at radius 2 is 1.95 bits per heavy atom. The minimum Gasteiger partial charge on any atom is -0.383 e. The van der Waals surface area contributed by atoms with E-state index in [-0.39, 0.29) is 30.5 Å². The number of hydrogen-bond acceptors (Lipinski definition) is 8. The summed E-state index contributed by atoms with van der Waals surface area (Å²) < 4.78 is 54.2. The summed E-state index contributed by atoms with van der Waals surface area (Å²) in [4.78, 5) is 25.7. The second-order valence-electron chi connectivity index (χ2n) is 9.59. The number of anilines is 3. The molecular formula is C24H20F3N9O3. The zero-order valence-electron chi connectivity index (χ0n) is 20.1. The Bertz CT molecular complexity index is 1750. The van der Waals surface area contributed by atoms with Crippen molar-refractivity contribution in [3.63, 3.8) is 0 Å². The lowest BCUT2D eigenvalue weighted by atomic mass is 10.0. The molecule has 0 bridgehead atoms. The Hall–Kier alpha value is -4.66. The van der Waals surface area contributed by atoms with Crippen LogP contribution in [0.5, 0.6) is 0 Å². The SMILES string of the molecule is Nc1ncnc2c1c(-c1ccc(NC(=O)Nc3cc(C4(C(F)(F)F)CC4)on3)c3nccn13)cn2C1COC1. The van der Waals surface area contributed by atoms with Gasteiger partial charge in [-0.3, -0.25) is 9.72 Å². The highest BCUT2D eigenvalue weighted by Gasteiger charge is 2.66. The first-order valence-electron chi connectivity index (χ1n) is 12.0. The number of urea groups is 1. The van der Waals surface area contributed by atoms with Crippen LogP contribution < -0.4 is 16.4 Å². The first-order chi connectivity index (χ1) is 18.7. The first-order valence-corrected chi connectivity index (χ1v) is 12.0. The summed E-state index contributed by atoms with van der Waals surface area (Å²) in [5, 5.41) is 9.37. The molecule has 5 aromatic heterocycles. The van der Waals surface area contributed by atoms with Crippen LogP contribution in [0.1, 0.15) is 24.6 Å². The van der Waals surface area contributed by atoms with Crippen LogP contribution in [-0.4, -0.2) is 54.5 Å². The number of halogens is 3. The van der Waals surface area contributed by atoms with Crippen LogP contribution in [-0.2, 0) is 10.2 Å². The van der Waals surface area contributed by atoms with Crippen molar-refractivity contribution < 1.29 is 27.2 Å². The fourth-order valence-electron chi connectivity index (χ4n) is 4.92. The largest absolute Gasteiger partial charge is 0.401 e. The van der Waals surface area contributed by atoms with Gasteiger partial charge in [-0.05, 0) is 25.0 Å². The number of carbonyl (C=O) groups is 1. The molecule has 7 rings (SSSR count). The zero-order chi connectivity index (χ0) is 26.9. The van der Waals surface area contributed by atoms with Crippen LogP contribution in [0.15, 0.2) is 47.6 Å². The molecule has 0 spiro atoms. The van der Waals surface area contributed by atoms with Crippen molar-refractivity contribution in [2.75, 3.05) is 29.6 Å². The number of fused-ring (bicyclic) bond motifs is 2. The van der Waals surface area contributed by atoms with Crippen molar-refractivity contribution in [3.05, 3.63) is 48.9 Å². The molecule has 0 radical (unpaired) electrons. The van der Waals surface area contributed by atoms with E-state index in [2.05, 4.69) is 30.7 Å². The molecule has 1 saturated carbocycles. The number of aromatic nitrogens is 6. The highest BCUT2D eigenvalue weighted by atomic mass is 19.4. The van der Waals surface area contributed by atoms with Gasteiger partial charge in [0.15, 0.2) is 17.2 Å². The maximum absolute atomic E-state index is 13.4. The van der Waals surface area contributed by atoms with E-state index in [0.29, 0.717) is 41.4 Å². The van der Waals surface area contributed by atoms with Crippen molar-refractivity contribution >= 4 is 40.0 Å². The monoisotopic (exact) mass is 539 g/mol. The van der Waals surface area contributed by atoms with Gasteiger partial charge in [0.1, 0.15) is 23.2 Å². The molecule has 12 nitrogen and oxygen atoms in total. The highest BCUT2D eigenvalue weighted by Crippen LogP contribution is 2.59. The van der Waals surface area contributed by atoms with Crippen LogP contribution in [0, 0.1) is 0 Å². The summed E-state index contributed by atoms with van der Waals surface area (Å²) >= 11 is 0. The number of nitrogen functional groups attached to an aromatic ring is 1. The van der Waals surface area contributed by atoms with Gasteiger partial charge in [-0.2, -0.15) is 13.2 Å². The molecule has 15 heteroatoms. The Labute approximate surface area is 217 Å². The van der Waals surface area contributed by atoms with E-state index in [1.54, 1.807) is 28.9 Å². The molecule has 2 fully saturated rings. The summed E-state index contributed by atoms with van der Waals surface area (Å²) in [5.41, 5.74) is 7.22. The number of ether oxygens (including phenoxy) is 1. The fourth-order valence-corrected chi connectivity index (χ4v) is 4.92. The van der Waals surface area contributed by atoms with Gasteiger partial charge >= 0.3 is 12.2 Å². The molecule has 5 aromatic rings. The molecule has 0 atom stereocenters. The van der Waals surface area contributed by atoms with Crippen LogP contribution in [0.2, 0.25) is 0 Å². The van der Waals surface area contributed by atoms with Gasteiger partial charge in [-0.15, -0.1) is 0 Å². The van der Waals surface area contributed by atoms with Gasteiger partial charge in [0, 0.05) is 30.2 Å². The summed E-state index contributed by atoms with van der Waals surface area (Å²) in [6.45, 7) is 1.13. The molecule has 0 unspecified atom stereocenters. The Morgan fingerprint density at radius 3 is 2.67 bits per heavy atom. The summed E-state index contributed by atoms with van der Waals surface area (Å²) in [6, 6.07) is 3.97. The molecule has 1 aliphatic heterocycles. The van der Waals surface area contributed by atoms with E-state index in [9.17, 15) is 18.0 Å². The Morgan fingerprint density at radius 1 is 1.13 bits per heavy atom. The topological polar surface area (TPSA) is 150 Å². The van der Waals surface area contributed by atoms with E-state index in [1.807, 2.05) is 10.8 Å². The summed E-state index contributed by atoms with van der Waals surface area (Å²) in [7, 11) is 0. The third kappa shape index (κ3) is 3.60. The minimum absolute atomic E-state index is 0.0770. The minimum atomic E-state index is -4.45. The summed E-state index contributed by atoms with van der Waals surface area (Å²) in [5.74, 6) is -0.118. The number of pyridine rings is 1. The van der Waals surface area contributed by atoms with Crippen LogP contribution in [0.3, 0.4) is 0 Å². The number of hydrogen-bond donors (Lipinski definition) is 3. The standard InChI is InChI=1S/C24H20F3N9O3/c25-24(26,27)23(3-4-23)16-7-17(34-39-16)33-22(37)32-14-1-2-15(35-6-5-29-20(14)35)13-8-36(12-9-38-10-12)21-18(13)19(28)30-11-31-21/h1-2,5-8,11-12H,3-4,9-10H2,(H2,28,30,31)(H2,32,33,34,37). The maximum atomic E-state index is 13.4. The summed E-state index contributed by atoms with van der Waals surface area (Å²) in [6.07, 6.45) is 2.08. The fraction of sp³-hybridized carbons (Fsp3) is 0.292. The first kappa shape index (κ1) is 23.5. The Kier molecular flexibility index (Phi) is 4.91. The predicted octanol–water partition coefficient (Wildman–Crippen LogP) is 4.13. The van der Waals surface area contributed by atoms with Crippen molar-refractivity contribution in [1.82, 2.24) is 29.1 Å². The average Bonchev–Trinajstić information content (AvgIpc) is 3.17. The molecule has 1 aliphatic carbocycles. The molecule has 2 amide bonds. The average molecular weight is 539 g/mol. The van der Waals surface area contributed by atoms with Crippen LogP contribution >= 0.6 is 0 Å². The van der Waals surface area contributed by atoms with Gasteiger partial charge in [0.25, 0.3) is 0 Å². The van der Waals surface area contributed by atoms with Crippen LogP contribution in [0.4, 0.5) is 35.3 Å². The lowest BCUT2D eigenvalue weighted by Gasteiger charge is -2.27. The third-order valence-corrected chi connectivity index (χ3v) is 7.24. The second-order valence-corrected chi connectivity index (χ2v) is 9.59. The molecule has 1 saturated heterocycles. The van der Waals surface area contributed by atoms with E-state index < -0.39 is 17.6 Å². The van der Waals surface area contributed by atoms with Crippen molar-refractivity contribution in [2.45, 2.75) is 30.5 Å². The van der Waals surface area contributed by atoms with Gasteiger partial charge in [0.2, 0.25) is 0 Å². The van der Waals surface area contributed by atoms with E-state index in [4.69, 9.17) is 15.0 Å². The third-order valence-electron chi connectivity index (χ3n) is 7.24. The Balaban J connectivity index is 1.18. The van der Waals surface area contributed by atoms with Gasteiger partial charge in [-0.25, -0.2) is 19.7 Å². The zero-order valence-corrected chi connectivity index (χ0v) is 20.1. The number of imidazole rings is 1.